The van der Waals surface area contributed by atoms with Crippen molar-refractivity contribution in [1.82, 2.24) is 0 Å². The molecule has 4 heteroatoms. The van der Waals surface area contributed by atoms with Crippen molar-refractivity contribution in [3.8, 4) is 0 Å². The Morgan fingerprint density at radius 1 is 0.568 bits per heavy atom. The third kappa shape index (κ3) is 6.54. The van der Waals surface area contributed by atoms with Gasteiger partial charge < -0.3 is 13.8 Å². The molecule has 0 aromatic heterocycles. The lowest BCUT2D eigenvalue weighted by Crippen LogP contribution is -2.39. The average molecular weight is 518 g/mol. The number of rotatable bonds is 10. The first-order valence-corrected chi connectivity index (χ1v) is 16.3. The van der Waals surface area contributed by atoms with Gasteiger partial charge >= 0.3 is 8.56 Å². The molecule has 0 bridgehead atoms. The third-order valence-electron chi connectivity index (χ3n) is 7.26. The molecule has 0 atom stereocenters. The van der Waals surface area contributed by atoms with Gasteiger partial charge in [0.05, 0.1) is 17.1 Å². The van der Waals surface area contributed by atoms with E-state index in [-0.39, 0.29) is 0 Å². The summed E-state index contributed by atoms with van der Waals surface area (Å²) in [4.78, 5) is 2.53. The number of hydrogen-bond acceptors (Lipinski definition) is 3. The van der Waals surface area contributed by atoms with E-state index >= 15 is 0 Å². The van der Waals surface area contributed by atoms with Crippen LogP contribution < -0.4 is 4.90 Å². The summed E-state index contributed by atoms with van der Waals surface area (Å²) >= 11 is 0. The second-order valence-corrected chi connectivity index (χ2v) is 14.3. The molecule has 3 aromatic carbocycles. The van der Waals surface area contributed by atoms with Gasteiger partial charge in [0.15, 0.2) is 0 Å². The van der Waals surface area contributed by atoms with E-state index in [1.165, 1.54) is 67.1 Å². The van der Waals surface area contributed by atoms with Gasteiger partial charge in [0.1, 0.15) is 0 Å². The summed E-state index contributed by atoms with van der Waals surface area (Å²) in [6, 6.07) is 14.9. The first kappa shape index (κ1) is 29.2. The summed E-state index contributed by atoms with van der Waals surface area (Å²) in [6.45, 7) is 25.6. The summed E-state index contributed by atoms with van der Waals surface area (Å²) in [6.07, 6.45) is 0.968. The second kappa shape index (κ2) is 12.0. The van der Waals surface area contributed by atoms with Gasteiger partial charge in [0, 0.05) is 13.2 Å². The number of aryl methyl sites for hydroxylation is 9. The standard InChI is InChI=1S/C33H47NO2Si/c1-12-35-37(11,36-13-2)15-14-30-20-28(9)33(29(10)21-30)34(31-24(5)16-22(3)17-25(31)6)32-26(7)18-23(4)19-27(32)8/h16-21H,12-15H2,1-11H3. The maximum absolute atomic E-state index is 6.11. The normalized spacial score (nSPS) is 11.8. The van der Waals surface area contributed by atoms with Crippen molar-refractivity contribution in [2.75, 3.05) is 18.1 Å². The predicted octanol–water partition coefficient (Wildman–Crippen LogP) is 9.31. The molecule has 0 aliphatic rings. The average Bonchev–Trinajstić information content (AvgIpc) is 2.76. The minimum atomic E-state index is -2.16. The molecule has 0 saturated carbocycles. The first-order valence-electron chi connectivity index (χ1n) is 13.7. The molecule has 0 aliphatic heterocycles. The Bertz CT molecular complexity index is 1130. The third-order valence-corrected chi connectivity index (χ3v) is 10.2. The molecular formula is C33H47NO2Si. The molecule has 0 unspecified atom stereocenters. The van der Waals surface area contributed by atoms with Crippen LogP contribution in [0.3, 0.4) is 0 Å². The van der Waals surface area contributed by atoms with Crippen LogP contribution in [0.4, 0.5) is 17.1 Å². The van der Waals surface area contributed by atoms with Gasteiger partial charge in [0.2, 0.25) is 0 Å². The minimum absolute atomic E-state index is 0.708. The highest BCUT2D eigenvalue weighted by atomic mass is 28.4. The lowest BCUT2D eigenvalue weighted by molar-refractivity contribution is 0.189. The van der Waals surface area contributed by atoms with E-state index in [1.54, 1.807) is 0 Å². The minimum Gasteiger partial charge on any atom is -0.395 e. The molecule has 0 heterocycles. The van der Waals surface area contributed by atoms with E-state index in [0.29, 0.717) is 13.2 Å². The Labute approximate surface area is 227 Å². The van der Waals surface area contributed by atoms with Crippen LogP contribution in [0.2, 0.25) is 12.6 Å². The van der Waals surface area contributed by atoms with Crippen molar-refractivity contribution >= 4 is 25.6 Å². The van der Waals surface area contributed by atoms with Crippen LogP contribution in [0.1, 0.15) is 63.9 Å². The lowest BCUT2D eigenvalue weighted by atomic mass is 9.95. The van der Waals surface area contributed by atoms with Crippen LogP contribution >= 0.6 is 0 Å². The van der Waals surface area contributed by atoms with Crippen LogP contribution in [0, 0.1) is 55.4 Å². The van der Waals surface area contributed by atoms with Gasteiger partial charge in [-0.2, -0.15) is 0 Å². The second-order valence-electron chi connectivity index (χ2n) is 10.9. The Balaban J connectivity index is 2.17. The molecule has 0 radical (unpaired) electrons. The fourth-order valence-corrected chi connectivity index (χ4v) is 8.43. The van der Waals surface area contributed by atoms with Crippen LogP contribution in [0.15, 0.2) is 36.4 Å². The summed E-state index contributed by atoms with van der Waals surface area (Å²) in [5.41, 5.74) is 15.6. The largest absolute Gasteiger partial charge is 0.395 e. The Kier molecular flexibility index (Phi) is 9.44. The molecule has 0 spiro atoms. The lowest BCUT2D eigenvalue weighted by Gasteiger charge is -2.34. The van der Waals surface area contributed by atoms with Crippen molar-refractivity contribution in [1.29, 1.82) is 0 Å². The van der Waals surface area contributed by atoms with Crippen molar-refractivity contribution in [2.45, 2.75) is 88.2 Å². The van der Waals surface area contributed by atoms with Gasteiger partial charge in [0.25, 0.3) is 0 Å². The van der Waals surface area contributed by atoms with Crippen molar-refractivity contribution in [3.05, 3.63) is 86.5 Å². The molecule has 0 amide bonds. The summed E-state index contributed by atoms with van der Waals surface area (Å²) < 4.78 is 12.2. The Morgan fingerprint density at radius 3 is 1.22 bits per heavy atom. The van der Waals surface area contributed by atoms with Gasteiger partial charge in [-0.1, -0.05) is 47.5 Å². The first-order chi connectivity index (χ1) is 17.4. The quantitative estimate of drug-likeness (QED) is 0.250. The van der Waals surface area contributed by atoms with Crippen LogP contribution in [0.5, 0.6) is 0 Å². The maximum atomic E-state index is 6.11. The number of nitrogens with zero attached hydrogens (tertiary/aromatic N) is 1. The Morgan fingerprint density at radius 2 is 0.892 bits per heavy atom. The molecule has 0 N–H and O–H groups in total. The highest BCUT2D eigenvalue weighted by molar-refractivity contribution is 6.66. The van der Waals surface area contributed by atoms with Crippen molar-refractivity contribution < 1.29 is 8.85 Å². The highest BCUT2D eigenvalue weighted by Gasteiger charge is 2.30. The zero-order valence-electron chi connectivity index (χ0n) is 25.1. The van der Waals surface area contributed by atoms with Crippen molar-refractivity contribution in [2.24, 2.45) is 0 Å². The smallest absolute Gasteiger partial charge is 0.335 e. The molecule has 0 saturated heterocycles. The van der Waals surface area contributed by atoms with Gasteiger partial charge in [-0.05, 0) is 127 Å². The number of anilines is 3. The topological polar surface area (TPSA) is 21.7 Å². The van der Waals surface area contributed by atoms with Crippen LogP contribution in [0.25, 0.3) is 0 Å². The fraction of sp³-hybridized carbons (Fsp3) is 0.455. The molecule has 3 nitrogen and oxygen atoms in total. The molecule has 37 heavy (non-hydrogen) atoms. The zero-order chi connectivity index (χ0) is 27.5. The molecule has 200 valence electrons. The van der Waals surface area contributed by atoms with Gasteiger partial charge in [-0.3, -0.25) is 0 Å². The van der Waals surface area contributed by atoms with Crippen LogP contribution in [-0.2, 0) is 15.3 Å². The van der Waals surface area contributed by atoms with Gasteiger partial charge in [-0.25, -0.2) is 0 Å². The van der Waals surface area contributed by atoms with E-state index in [9.17, 15) is 0 Å². The predicted molar refractivity (Wildman–Crippen MR) is 162 cm³/mol. The van der Waals surface area contributed by atoms with E-state index in [4.69, 9.17) is 8.85 Å². The summed E-state index contributed by atoms with van der Waals surface area (Å²) in [7, 11) is -2.16. The maximum Gasteiger partial charge on any atom is 0.335 e. The number of benzene rings is 3. The zero-order valence-corrected chi connectivity index (χ0v) is 26.1. The molecule has 0 aliphatic carbocycles. The highest BCUT2D eigenvalue weighted by Crippen LogP contribution is 2.45. The molecule has 0 fully saturated rings. The Hall–Kier alpha value is -2.40. The monoisotopic (exact) mass is 517 g/mol. The SMILES string of the molecule is CCO[Si](C)(CCc1cc(C)c(N(c2c(C)cc(C)cc2C)c2c(C)cc(C)cc2C)c(C)c1)OCC. The van der Waals surface area contributed by atoms with Crippen LogP contribution in [-0.4, -0.2) is 21.8 Å². The summed E-state index contributed by atoms with van der Waals surface area (Å²) in [5.74, 6) is 0. The fourth-order valence-electron chi connectivity index (χ4n) is 6.10. The van der Waals surface area contributed by atoms with E-state index < -0.39 is 8.56 Å². The van der Waals surface area contributed by atoms with E-state index in [0.717, 1.165) is 12.5 Å². The van der Waals surface area contributed by atoms with E-state index in [2.05, 4.69) is 117 Å². The molecule has 3 aromatic rings. The molecular weight excluding hydrogens is 470 g/mol. The summed E-state index contributed by atoms with van der Waals surface area (Å²) in [5, 5.41) is 0. The molecule has 3 rings (SSSR count). The van der Waals surface area contributed by atoms with Crippen molar-refractivity contribution in [3.63, 3.8) is 0 Å². The number of hydrogen-bond donors (Lipinski definition) is 0. The van der Waals surface area contributed by atoms with E-state index in [1.807, 2.05) is 0 Å². The van der Waals surface area contributed by atoms with Gasteiger partial charge in [-0.15, -0.1) is 0 Å².